The zero-order valence-electron chi connectivity index (χ0n) is 24.7. The fourth-order valence-corrected chi connectivity index (χ4v) is 5.10. The fraction of sp³-hybridized carbons (Fsp3) is 0.933. The van der Waals surface area contributed by atoms with E-state index in [2.05, 4.69) is 13.8 Å². The van der Waals surface area contributed by atoms with Gasteiger partial charge >= 0.3 is 11.9 Å². The first kappa shape index (κ1) is 32.9. The molecule has 0 aromatic carbocycles. The molecule has 1 saturated carbocycles. The molecule has 36 heavy (non-hydrogen) atoms. The second kappa shape index (κ2) is 16.0. The Bertz CT molecular complexity index is 632. The third-order valence-corrected chi connectivity index (χ3v) is 7.15. The van der Waals surface area contributed by atoms with Crippen molar-refractivity contribution in [2.75, 3.05) is 0 Å². The van der Waals surface area contributed by atoms with Crippen molar-refractivity contribution >= 4 is 11.9 Å². The minimum Gasteiger partial charge on any atom is -0.298 e. The van der Waals surface area contributed by atoms with Crippen LogP contribution in [0.15, 0.2) is 0 Å². The Morgan fingerprint density at radius 1 is 0.750 bits per heavy atom. The van der Waals surface area contributed by atoms with Gasteiger partial charge in [-0.3, -0.25) is 9.78 Å². The lowest BCUT2D eigenvalue weighted by Gasteiger charge is -2.43. The minimum absolute atomic E-state index is 0.190. The van der Waals surface area contributed by atoms with Gasteiger partial charge in [0.25, 0.3) is 0 Å². The summed E-state index contributed by atoms with van der Waals surface area (Å²) in [4.78, 5) is 45.7. The molecule has 0 heterocycles. The van der Waals surface area contributed by atoms with Gasteiger partial charge in [-0.2, -0.15) is 9.78 Å². The summed E-state index contributed by atoms with van der Waals surface area (Å²) < 4.78 is 0. The predicted molar refractivity (Wildman–Crippen MR) is 144 cm³/mol. The van der Waals surface area contributed by atoms with E-state index in [1.54, 1.807) is 0 Å². The zero-order valence-corrected chi connectivity index (χ0v) is 24.7. The average molecular weight is 513 g/mol. The van der Waals surface area contributed by atoms with Crippen molar-refractivity contribution in [3.8, 4) is 0 Å². The van der Waals surface area contributed by atoms with Crippen LogP contribution >= 0.6 is 0 Å². The maximum Gasteiger partial charge on any atom is 0.348 e. The number of carbonyl (C=O) groups is 2. The van der Waals surface area contributed by atoms with Crippen LogP contribution in [0.4, 0.5) is 0 Å². The van der Waals surface area contributed by atoms with Crippen LogP contribution in [0.25, 0.3) is 0 Å². The van der Waals surface area contributed by atoms with Crippen LogP contribution in [-0.4, -0.2) is 23.1 Å². The topological polar surface area (TPSA) is 71.1 Å². The van der Waals surface area contributed by atoms with Crippen LogP contribution in [0.5, 0.6) is 0 Å². The van der Waals surface area contributed by atoms with Gasteiger partial charge in [0, 0.05) is 6.42 Å². The lowest BCUT2D eigenvalue weighted by molar-refractivity contribution is -0.329. The minimum atomic E-state index is -0.507. The Morgan fingerprint density at radius 3 is 1.92 bits per heavy atom. The van der Waals surface area contributed by atoms with Crippen molar-refractivity contribution in [2.45, 2.75) is 163 Å². The molecule has 1 rings (SSSR count). The van der Waals surface area contributed by atoms with Gasteiger partial charge in [-0.25, -0.2) is 9.59 Å². The van der Waals surface area contributed by atoms with Gasteiger partial charge in [0.05, 0.1) is 5.41 Å². The number of hydrogen-bond acceptors (Lipinski definition) is 6. The lowest BCUT2D eigenvalue weighted by atomic mass is 9.61. The summed E-state index contributed by atoms with van der Waals surface area (Å²) in [5.41, 5.74) is -1.46. The highest BCUT2D eigenvalue weighted by molar-refractivity contribution is 5.76. The normalized spacial score (nSPS) is 22.9. The summed E-state index contributed by atoms with van der Waals surface area (Å²) in [7, 11) is 0. The molecule has 6 heteroatoms. The van der Waals surface area contributed by atoms with Crippen LogP contribution in [0, 0.1) is 17.3 Å². The number of unbranched alkanes of at least 4 members (excludes halogenated alkanes) is 7. The van der Waals surface area contributed by atoms with E-state index in [4.69, 9.17) is 19.6 Å². The van der Waals surface area contributed by atoms with E-state index < -0.39 is 16.6 Å². The Labute approximate surface area is 221 Å². The van der Waals surface area contributed by atoms with Crippen molar-refractivity contribution in [2.24, 2.45) is 17.3 Å². The Balaban J connectivity index is 2.42. The molecule has 3 atom stereocenters. The van der Waals surface area contributed by atoms with E-state index in [1.807, 2.05) is 41.5 Å². The molecule has 0 aromatic rings. The smallest absolute Gasteiger partial charge is 0.298 e. The number of hydrogen-bond donors (Lipinski definition) is 0. The van der Waals surface area contributed by atoms with E-state index in [1.165, 1.54) is 32.1 Å². The van der Waals surface area contributed by atoms with Crippen molar-refractivity contribution in [3.05, 3.63) is 0 Å². The molecule has 0 aromatic heterocycles. The van der Waals surface area contributed by atoms with E-state index in [-0.39, 0.29) is 11.9 Å². The molecule has 1 aliphatic rings. The Hall–Kier alpha value is -1.14. The molecule has 3 unspecified atom stereocenters. The molecule has 0 radical (unpaired) electrons. The molecule has 0 spiro atoms. The zero-order chi connectivity index (χ0) is 27.2. The highest BCUT2D eigenvalue weighted by Gasteiger charge is 2.47. The van der Waals surface area contributed by atoms with Crippen LogP contribution in [-0.2, 0) is 29.1 Å². The van der Waals surface area contributed by atoms with Crippen LogP contribution in [0.2, 0.25) is 0 Å². The molecule has 0 bridgehead atoms. The van der Waals surface area contributed by atoms with Gasteiger partial charge < -0.3 is 0 Å². The third-order valence-electron chi connectivity index (χ3n) is 7.15. The molecule has 0 amide bonds. The van der Waals surface area contributed by atoms with Gasteiger partial charge in [-0.1, -0.05) is 71.1 Å². The molecular weight excluding hydrogens is 456 g/mol. The first-order chi connectivity index (χ1) is 16.8. The van der Waals surface area contributed by atoms with Gasteiger partial charge in [0.2, 0.25) is 0 Å². The van der Waals surface area contributed by atoms with Crippen LogP contribution < -0.4 is 0 Å². The highest BCUT2D eigenvalue weighted by atomic mass is 17.2. The number of rotatable bonds is 16. The quantitative estimate of drug-likeness (QED) is 0.117. The largest absolute Gasteiger partial charge is 0.348 e. The Morgan fingerprint density at radius 2 is 1.31 bits per heavy atom. The van der Waals surface area contributed by atoms with E-state index in [9.17, 15) is 9.59 Å². The maximum absolute atomic E-state index is 13.2. The van der Waals surface area contributed by atoms with E-state index >= 15 is 0 Å². The summed E-state index contributed by atoms with van der Waals surface area (Å²) in [5, 5.41) is 0. The summed E-state index contributed by atoms with van der Waals surface area (Å²) in [5.74, 6) is 0.454. The standard InChI is InChI=1S/C30H56O6/c1-9-10-15-18-24-21-22-25(30(8,23-24)27(32)34-36-29(5,6)7)19-16-13-11-12-14-17-20-26(31)33-35-28(2,3)4/h24-25H,9-23H2,1-8H3. The molecule has 6 nitrogen and oxygen atoms in total. The molecular formula is C30H56O6. The van der Waals surface area contributed by atoms with Gasteiger partial charge in [-0.05, 0) is 86.0 Å². The third kappa shape index (κ3) is 14.0. The van der Waals surface area contributed by atoms with Crippen LogP contribution in [0.1, 0.15) is 152 Å². The second-order valence-electron chi connectivity index (χ2n) is 13.1. The van der Waals surface area contributed by atoms with Gasteiger partial charge in [-0.15, -0.1) is 0 Å². The molecule has 212 valence electrons. The molecule has 0 N–H and O–H groups in total. The SMILES string of the molecule is CCCCCC1CCC(CCCCCCCCC(=O)OOC(C)(C)C)C(C)(C(=O)OOC(C)(C)C)C1. The fourth-order valence-electron chi connectivity index (χ4n) is 5.10. The Kier molecular flexibility index (Phi) is 14.6. The lowest BCUT2D eigenvalue weighted by Crippen LogP contribution is -2.43. The molecule has 0 saturated heterocycles. The van der Waals surface area contributed by atoms with Crippen molar-refractivity contribution < 1.29 is 29.1 Å². The summed E-state index contributed by atoms with van der Waals surface area (Å²) >= 11 is 0. The molecule has 0 aliphatic heterocycles. The summed E-state index contributed by atoms with van der Waals surface area (Å²) in [6, 6.07) is 0. The maximum atomic E-state index is 13.2. The first-order valence-electron chi connectivity index (χ1n) is 14.6. The summed E-state index contributed by atoms with van der Waals surface area (Å²) in [6.07, 6.45) is 16.0. The average Bonchev–Trinajstić information content (AvgIpc) is 2.78. The molecule has 1 aliphatic carbocycles. The van der Waals surface area contributed by atoms with Crippen molar-refractivity contribution in [1.82, 2.24) is 0 Å². The van der Waals surface area contributed by atoms with Crippen molar-refractivity contribution in [1.29, 1.82) is 0 Å². The second-order valence-corrected chi connectivity index (χ2v) is 13.1. The predicted octanol–water partition coefficient (Wildman–Crippen LogP) is 8.66. The number of carbonyl (C=O) groups excluding carboxylic acids is 2. The monoisotopic (exact) mass is 512 g/mol. The van der Waals surface area contributed by atoms with Crippen molar-refractivity contribution in [3.63, 3.8) is 0 Å². The summed E-state index contributed by atoms with van der Waals surface area (Å²) in [6.45, 7) is 15.6. The molecule has 1 fully saturated rings. The van der Waals surface area contributed by atoms with Gasteiger partial charge in [0.1, 0.15) is 11.2 Å². The first-order valence-corrected chi connectivity index (χ1v) is 14.6. The van der Waals surface area contributed by atoms with Crippen LogP contribution in [0.3, 0.4) is 0 Å². The highest BCUT2D eigenvalue weighted by Crippen LogP contribution is 2.48. The van der Waals surface area contributed by atoms with E-state index in [0.29, 0.717) is 18.3 Å². The van der Waals surface area contributed by atoms with E-state index in [0.717, 1.165) is 57.8 Å². The van der Waals surface area contributed by atoms with Gasteiger partial charge in [0.15, 0.2) is 0 Å².